The minimum absolute atomic E-state index is 0.0219. The highest BCUT2D eigenvalue weighted by molar-refractivity contribution is 6.04. The van der Waals surface area contributed by atoms with E-state index in [-0.39, 0.29) is 16.9 Å². The van der Waals surface area contributed by atoms with Crippen LogP contribution in [0.5, 0.6) is 0 Å². The summed E-state index contributed by atoms with van der Waals surface area (Å²) in [7, 11) is 0. The molecule has 8 heteroatoms. The van der Waals surface area contributed by atoms with Gasteiger partial charge in [-0.1, -0.05) is 0 Å². The highest BCUT2D eigenvalue weighted by Crippen LogP contribution is 2.21. The first kappa shape index (κ1) is 13.5. The quantitative estimate of drug-likeness (QED) is 0.683. The fraction of sp³-hybridized carbons (Fsp3) is 0.0833. The second-order valence-corrected chi connectivity index (χ2v) is 3.96. The fourth-order valence-corrected chi connectivity index (χ4v) is 1.58. The van der Waals surface area contributed by atoms with E-state index >= 15 is 0 Å². The molecule has 0 saturated carbocycles. The summed E-state index contributed by atoms with van der Waals surface area (Å²) in [5.41, 5.74) is -0.464. The molecule has 1 aromatic heterocycles. The Morgan fingerprint density at radius 2 is 2.00 bits per heavy atom. The molecule has 0 radical (unpaired) electrons. The third-order valence-electron chi connectivity index (χ3n) is 2.51. The third-order valence-corrected chi connectivity index (χ3v) is 2.51. The maximum absolute atomic E-state index is 13.9. The predicted molar refractivity (Wildman–Crippen MR) is 67.8 cm³/mol. The van der Waals surface area contributed by atoms with Crippen molar-refractivity contribution in [3.63, 3.8) is 0 Å². The molecule has 0 aliphatic rings. The zero-order valence-electron chi connectivity index (χ0n) is 10.3. The number of nitro benzene ring substituents is 1. The number of benzene rings is 1. The number of aryl methyl sites for hydroxylation is 1. The lowest BCUT2D eigenvalue weighted by Gasteiger charge is -2.07. The smallest absolute Gasteiger partial charge is 0.270 e. The van der Waals surface area contributed by atoms with Crippen molar-refractivity contribution in [2.75, 3.05) is 5.32 Å². The molecular formula is C12H9FN4O3. The molecule has 0 saturated heterocycles. The number of nitrogens with zero attached hydrogens (tertiary/aromatic N) is 3. The molecule has 0 aliphatic carbocycles. The Labute approximate surface area is 112 Å². The summed E-state index contributed by atoms with van der Waals surface area (Å²) in [5, 5.41) is 13.1. The summed E-state index contributed by atoms with van der Waals surface area (Å²) in [5.74, 6) is -1.60. The van der Waals surface area contributed by atoms with E-state index in [1.807, 2.05) is 0 Å². The molecule has 0 fully saturated rings. The monoisotopic (exact) mass is 276 g/mol. The molecule has 0 spiro atoms. The van der Waals surface area contributed by atoms with E-state index in [2.05, 4.69) is 15.3 Å². The molecule has 2 aromatic rings. The molecular weight excluding hydrogens is 267 g/mol. The number of carbonyl (C=O) groups is 1. The lowest BCUT2D eigenvalue weighted by Crippen LogP contribution is -2.15. The molecule has 1 heterocycles. The summed E-state index contributed by atoms with van der Waals surface area (Å²) in [6, 6.07) is 1.96. The second-order valence-electron chi connectivity index (χ2n) is 3.96. The van der Waals surface area contributed by atoms with Crippen molar-refractivity contribution in [3.8, 4) is 0 Å². The average molecular weight is 276 g/mol. The van der Waals surface area contributed by atoms with Gasteiger partial charge in [-0.15, -0.1) is 0 Å². The van der Waals surface area contributed by atoms with Crippen LogP contribution in [0, 0.1) is 22.9 Å². The van der Waals surface area contributed by atoms with Gasteiger partial charge >= 0.3 is 0 Å². The summed E-state index contributed by atoms with van der Waals surface area (Å²) < 4.78 is 13.9. The highest BCUT2D eigenvalue weighted by atomic mass is 19.1. The molecule has 102 valence electrons. The van der Waals surface area contributed by atoms with Crippen LogP contribution < -0.4 is 5.32 Å². The molecule has 0 bridgehead atoms. The second kappa shape index (κ2) is 5.39. The van der Waals surface area contributed by atoms with E-state index in [0.717, 1.165) is 12.1 Å². The number of amides is 1. The van der Waals surface area contributed by atoms with Gasteiger partial charge in [0.1, 0.15) is 12.1 Å². The highest BCUT2D eigenvalue weighted by Gasteiger charge is 2.19. The Balaban J connectivity index is 2.36. The first-order valence-corrected chi connectivity index (χ1v) is 5.50. The number of halogens is 1. The van der Waals surface area contributed by atoms with Crippen molar-refractivity contribution in [1.29, 1.82) is 0 Å². The Bertz CT molecular complexity index is 676. The summed E-state index contributed by atoms with van der Waals surface area (Å²) in [6.07, 6.45) is 3.92. The van der Waals surface area contributed by atoms with Gasteiger partial charge in [-0.05, 0) is 12.5 Å². The lowest BCUT2D eigenvalue weighted by molar-refractivity contribution is -0.385. The van der Waals surface area contributed by atoms with Crippen molar-refractivity contribution in [3.05, 3.63) is 57.9 Å². The Morgan fingerprint density at radius 3 is 2.60 bits per heavy atom. The van der Waals surface area contributed by atoms with E-state index in [1.165, 1.54) is 25.6 Å². The first-order chi connectivity index (χ1) is 9.49. The average Bonchev–Trinajstić information content (AvgIpc) is 2.42. The number of hydrogen-bond donors (Lipinski definition) is 1. The molecule has 20 heavy (non-hydrogen) atoms. The van der Waals surface area contributed by atoms with Crippen LogP contribution in [0.4, 0.5) is 15.8 Å². The van der Waals surface area contributed by atoms with Crippen LogP contribution in [-0.4, -0.2) is 20.8 Å². The molecule has 0 atom stereocenters. The fourth-order valence-electron chi connectivity index (χ4n) is 1.58. The van der Waals surface area contributed by atoms with E-state index < -0.39 is 22.2 Å². The summed E-state index contributed by atoms with van der Waals surface area (Å²) in [6.45, 7) is 1.35. The van der Waals surface area contributed by atoms with Gasteiger partial charge in [0.2, 0.25) is 0 Å². The predicted octanol–water partition coefficient (Wildman–Crippen LogP) is 2.08. The Kier molecular flexibility index (Phi) is 3.65. The largest absolute Gasteiger partial charge is 0.319 e. The zero-order chi connectivity index (χ0) is 14.7. The van der Waals surface area contributed by atoms with Gasteiger partial charge in [-0.25, -0.2) is 14.4 Å². The third kappa shape index (κ3) is 2.74. The van der Waals surface area contributed by atoms with Gasteiger partial charge in [0.05, 0.1) is 28.6 Å². The number of aromatic nitrogens is 2. The van der Waals surface area contributed by atoms with E-state index in [0.29, 0.717) is 0 Å². The molecule has 7 nitrogen and oxygen atoms in total. The van der Waals surface area contributed by atoms with Crippen LogP contribution in [-0.2, 0) is 0 Å². The van der Waals surface area contributed by atoms with Crippen LogP contribution in [0.25, 0.3) is 0 Å². The topological polar surface area (TPSA) is 98.0 Å². The SMILES string of the molecule is Cc1cc([N+](=O)[O-])cc(C(=O)Nc2cncnc2)c1F. The number of hydrogen-bond acceptors (Lipinski definition) is 5. The van der Waals surface area contributed by atoms with Crippen LogP contribution >= 0.6 is 0 Å². The van der Waals surface area contributed by atoms with Crippen molar-refractivity contribution < 1.29 is 14.1 Å². The normalized spacial score (nSPS) is 10.1. The molecule has 1 aromatic carbocycles. The van der Waals surface area contributed by atoms with Crippen LogP contribution in [0.1, 0.15) is 15.9 Å². The number of non-ortho nitro benzene ring substituents is 1. The Morgan fingerprint density at radius 1 is 1.35 bits per heavy atom. The van der Waals surface area contributed by atoms with Crippen molar-refractivity contribution in [2.24, 2.45) is 0 Å². The van der Waals surface area contributed by atoms with Gasteiger partial charge in [0.25, 0.3) is 11.6 Å². The van der Waals surface area contributed by atoms with Gasteiger partial charge in [-0.3, -0.25) is 14.9 Å². The maximum atomic E-state index is 13.9. The standard InChI is InChI=1S/C12H9FN4O3/c1-7-2-9(17(19)20)3-10(11(7)13)12(18)16-8-4-14-6-15-5-8/h2-6H,1H3,(H,16,18). The van der Waals surface area contributed by atoms with Gasteiger partial charge in [0, 0.05) is 12.1 Å². The van der Waals surface area contributed by atoms with Gasteiger partial charge in [-0.2, -0.15) is 0 Å². The number of carbonyl (C=O) groups excluding carboxylic acids is 1. The Hall–Kier alpha value is -2.90. The van der Waals surface area contributed by atoms with Gasteiger partial charge in [0.15, 0.2) is 0 Å². The summed E-state index contributed by atoms with van der Waals surface area (Å²) >= 11 is 0. The van der Waals surface area contributed by atoms with E-state index in [4.69, 9.17) is 0 Å². The maximum Gasteiger partial charge on any atom is 0.270 e. The van der Waals surface area contributed by atoms with Gasteiger partial charge < -0.3 is 5.32 Å². The van der Waals surface area contributed by atoms with Crippen LogP contribution in [0.3, 0.4) is 0 Å². The molecule has 2 rings (SSSR count). The number of nitrogens with one attached hydrogen (secondary N) is 1. The minimum Gasteiger partial charge on any atom is -0.319 e. The summed E-state index contributed by atoms with van der Waals surface area (Å²) in [4.78, 5) is 29.4. The zero-order valence-corrected chi connectivity index (χ0v) is 10.3. The van der Waals surface area contributed by atoms with Crippen molar-refractivity contribution in [2.45, 2.75) is 6.92 Å². The molecule has 0 aliphatic heterocycles. The number of nitro groups is 1. The number of anilines is 1. The molecule has 1 N–H and O–H groups in total. The van der Waals surface area contributed by atoms with Crippen LogP contribution in [0.15, 0.2) is 30.9 Å². The molecule has 0 unspecified atom stereocenters. The number of rotatable bonds is 3. The minimum atomic E-state index is -0.802. The van der Waals surface area contributed by atoms with E-state index in [1.54, 1.807) is 0 Å². The van der Waals surface area contributed by atoms with Crippen molar-refractivity contribution >= 4 is 17.3 Å². The van der Waals surface area contributed by atoms with E-state index in [9.17, 15) is 19.3 Å². The molecule has 1 amide bonds. The first-order valence-electron chi connectivity index (χ1n) is 5.50. The van der Waals surface area contributed by atoms with Crippen LogP contribution in [0.2, 0.25) is 0 Å². The lowest BCUT2D eigenvalue weighted by atomic mass is 10.1. The van der Waals surface area contributed by atoms with Crippen molar-refractivity contribution in [1.82, 2.24) is 9.97 Å².